The topological polar surface area (TPSA) is 95.1 Å². The van der Waals surface area contributed by atoms with Crippen LogP contribution in [0.4, 0.5) is 0 Å². The van der Waals surface area contributed by atoms with Crippen LogP contribution < -0.4 is 11.3 Å². The van der Waals surface area contributed by atoms with Crippen LogP contribution in [0.1, 0.15) is 24.7 Å². The summed E-state index contributed by atoms with van der Waals surface area (Å²) in [5, 5.41) is 0. The summed E-state index contributed by atoms with van der Waals surface area (Å²) < 4.78 is 11.8. The molecule has 1 aliphatic heterocycles. The van der Waals surface area contributed by atoms with Gasteiger partial charge in [-0.3, -0.25) is 4.79 Å². The molecule has 2 aromatic rings. The number of furan rings is 1. The number of nitrogens with two attached hydrogens (primary N) is 1. The molecule has 3 rings (SSSR count). The molecule has 0 atom stereocenters. The highest BCUT2D eigenvalue weighted by atomic mass is 16.5. The highest BCUT2D eigenvalue weighted by Crippen LogP contribution is 2.22. The molecule has 3 heterocycles. The molecular formula is C23H26N4O3. The number of hydrogen-bond donors (Lipinski definition) is 1. The molecule has 0 aliphatic carbocycles. The number of aromatic nitrogens is 1. The van der Waals surface area contributed by atoms with E-state index in [2.05, 4.69) is 23.1 Å². The third kappa shape index (κ3) is 6.34. The maximum absolute atomic E-state index is 11.8. The Balaban J connectivity index is 0.000000396. The molecule has 0 spiro atoms. The average Bonchev–Trinajstić information content (AvgIpc) is 3.20. The van der Waals surface area contributed by atoms with Gasteiger partial charge in [0.25, 0.3) is 5.56 Å². The van der Waals surface area contributed by atoms with Gasteiger partial charge in [0.05, 0.1) is 24.8 Å². The lowest BCUT2D eigenvalue weighted by atomic mass is 10.0. The second-order valence-electron chi connectivity index (χ2n) is 6.27. The second-order valence-corrected chi connectivity index (χ2v) is 6.27. The first-order chi connectivity index (χ1) is 14.5. The van der Waals surface area contributed by atoms with E-state index in [0.29, 0.717) is 24.4 Å². The van der Waals surface area contributed by atoms with Crippen molar-refractivity contribution in [2.75, 3.05) is 7.11 Å². The molecule has 0 radical (unpaired) electrons. The SMILES string of the molecule is C=C/C=C(/C)OC.C=CCn1cc(C2=CN=C(N)N=C(c3ccco3)C2)ccc1=O. The van der Waals surface area contributed by atoms with Crippen LogP contribution in [0.25, 0.3) is 5.57 Å². The van der Waals surface area contributed by atoms with Gasteiger partial charge in [0.1, 0.15) is 5.76 Å². The van der Waals surface area contributed by atoms with E-state index < -0.39 is 0 Å². The first-order valence-electron chi connectivity index (χ1n) is 9.27. The summed E-state index contributed by atoms with van der Waals surface area (Å²) in [4.78, 5) is 20.2. The van der Waals surface area contributed by atoms with Gasteiger partial charge in [-0.25, -0.2) is 9.98 Å². The molecule has 0 saturated heterocycles. The van der Waals surface area contributed by atoms with Crippen LogP contribution in [0, 0.1) is 0 Å². The molecular weight excluding hydrogens is 380 g/mol. The number of aliphatic imine (C=N–C) groups is 2. The number of guanidine groups is 1. The van der Waals surface area contributed by atoms with Crippen LogP contribution in [0.2, 0.25) is 0 Å². The fourth-order valence-electron chi connectivity index (χ4n) is 2.58. The van der Waals surface area contributed by atoms with Crippen molar-refractivity contribution in [1.29, 1.82) is 0 Å². The van der Waals surface area contributed by atoms with Crippen molar-refractivity contribution in [3.05, 3.63) is 102 Å². The van der Waals surface area contributed by atoms with Gasteiger partial charge < -0.3 is 19.5 Å². The van der Waals surface area contributed by atoms with Gasteiger partial charge in [0, 0.05) is 31.4 Å². The molecule has 30 heavy (non-hydrogen) atoms. The van der Waals surface area contributed by atoms with Gasteiger partial charge in [-0.1, -0.05) is 18.7 Å². The van der Waals surface area contributed by atoms with E-state index >= 15 is 0 Å². The van der Waals surface area contributed by atoms with Gasteiger partial charge in [-0.15, -0.1) is 6.58 Å². The molecule has 0 fully saturated rings. The summed E-state index contributed by atoms with van der Waals surface area (Å²) in [6.07, 6.45) is 10.7. The normalized spacial score (nSPS) is 13.7. The van der Waals surface area contributed by atoms with Crippen LogP contribution in [0.3, 0.4) is 0 Å². The van der Waals surface area contributed by atoms with Crippen molar-refractivity contribution in [2.24, 2.45) is 15.7 Å². The molecule has 0 aromatic carbocycles. The fraction of sp³-hybridized carbons (Fsp3) is 0.174. The van der Waals surface area contributed by atoms with Crippen molar-refractivity contribution < 1.29 is 9.15 Å². The molecule has 7 nitrogen and oxygen atoms in total. The first kappa shape index (κ1) is 22.4. The Labute approximate surface area is 175 Å². The highest BCUT2D eigenvalue weighted by Gasteiger charge is 2.15. The van der Waals surface area contributed by atoms with Gasteiger partial charge in [0.15, 0.2) is 0 Å². The zero-order chi connectivity index (χ0) is 21.9. The van der Waals surface area contributed by atoms with Crippen LogP contribution >= 0.6 is 0 Å². The molecule has 7 heteroatoms. The van der Waals surface area contributed by atoms with Gasteiger partial charge in [-0.2, -0.15) is 0 Å². The number of hydrogen-bond acceptors (Lipinski definition) is 6. The van der Waals surface area contributed by atoms with E-state index in [1.807, 2.05) is 13.0 Å². The van der Waals surface area contributed by atoms with Crippen molar-refractivity contribution >= 4 is 17.2 Å². The van der Waals surface area contributed by atoms with Crippen molar-refractivity contribution in [3.63, 3.8) is 0 Å². The maximum atomic E-state index is 11.8. The fourth-order valence-corrected chi connectivity index (χ4v) is 2.58. The predicted molar refractivity (Wildman–Crippen MR) is 121 cm³/mol. The van der Waals surface area contributed by atoms with Crippen LogP contribution in [-0.4, -0.2) is 23.3 Å². The van der Waals surface area contributed by atoms with Crippen LogP contribution in [0.15, 0.2) is 99.3 Å². The molecule has 0 bridgehead atoms. The lowest BCUT2D eigenvalue weighted by Gasteiger charge is -2.09. The summed E-state index contributed by atoms with van der Waals surface area (Å²) in [6.45, 7) is 9.48. The van der Waals surface area contributed by atoms with E-state index in [-0.39, 0.29) is 11.5 Å². The summed E-state index contributed by atoms with van der Waals surface area (Å²) in [5.74, 6) is 1.70. The molecule has 2 N–H and O–H groups in total. The zero-order valence-corrected chi connectivity index (χ0v) is 17.2. The third-order valence-electron chi connectivity index (χ3n) is 4.12. The Morgan fingerprint density at radius 1 is 1.37 bits per heavy atom. The number of methoxy groups -OCH3 is 1. The zero-order valence-electron chi connectivity index (χ0n) is 17.2. The average molecular weight is 406 g/mol. The Kier molecular flexibility index (Phi) is 8.38. The lowest BCUT2D eigenvalue weighted by molar-refractivity contribution is 0.294. The predicted octanol–water partition coefficient (Wildman–Crippen LogP) is 3.90. The number of rotatable bonds is 6. The van der Waals surface area contributed by atoms with Gasteiger partial charge in [0.2, 0.25) is 5.96 Å². The van der Waals surface area contributed by atoms with Crippen LogP contribution in [0.5, 0.6) is 0 Å². The molecule has 0 amide bonds. The smallest absolute Gasteiger partial charge is 0.250 e. The minimum atomic E-state index is -0.0780. The second kappa shape index (κ2) is 11.2. The molecule has 0 unspecified atom stereocenters. The van der Waals surface area contributed by atoms with Crippen molar-refractivity contribution in [2.45, 2.75) is 19.9 Å². The molecule has 156 valence electrons. The summed E-state index contributed by atoms with van der Waals surface area (Å²) in [7, 11) is 1.63. The van der Waals surface area contributed by atoms with Gasteiger partial charge in [-0.05, 0) is 42.3 Å². The quantitative estimate of drug-likeness (QED) is 0.447. The van der Waals surface area contributed by atoms with E-state index in [1.165, 1.54) is 6.07 Å². The number of pyridine rings is 1. The first-order valence-corrected chi connectivity index (χ1v) is 9.27. The summed E-state index contributed by atoms with van der Waals surface area (Å²) in [6, 6.07) is 6.92. The third-order valence-corrected chi connectivity index (χ3v) is 4.12. The van der Waals surface area contributed by atoms with E-state index in [4.69, 9.17) is 14.9 Å². The molecule has 0 saturated carbocycles. The summed E-state index contributed by atoms with van der Waals surface area (Å²) >= 11 is 0. The van der Waals surface area contributed by atoms with Crippen LogP contribution in [-0.2, 0) is 11.3 Å². The maximum Gasteiger partial charge on any atom is 0.250 e. The Bertz CT molecular complexity index is 1050. The Hall–Kier alpha value is -3.87. The van der Waals surface area contributed by atoms with Gasteiger partial charge >= 0.3 is 0 Å². The number of ether oxygens (including phenoxy) is 1. The number of allylic oxidation sites excluding steroid dienone is 5. The van der Waals surface area contributed by atoms with Crippen molar-refractivity contribution in [1.82, 2.24) is 4.57 Å². The lowest BCUT2D eigenvalue weighted by Crippen LogP contribution is -2.18. The molecule has 2 aromatic heterocycles. The van der Waals surface area contributed by atoms with Crippen molar-refractivity contribution in [3.8, 4) is 0 Å². The monoisotopic (exact) mass is 406 g/mol. The largest absolute Gasteiger partial charge is 0.501 e. The van der Waals surface area contributed by atoms with E-state index in [1.54, 1.807) is 60.7 Å². The minimum Gasteiger partial charge on any atom is -0.501 e. The Morgan fingerprint density at radius 2 is 2.17 bits per heavy atom. The summed E-state index contributed by atoms with van der Waals surface area (Å²) in [5.41, 5.74) is 8.18. The minimum absolute atomic E-state index is 0.0780. The Morgan fingerprint density at radius 3 is 2.77 bits per heavy atom. The van der Waals surface area contributed by atoms with E-state index in [9.17, 15) is 4.79 Å². The van der Waals surface area contributed by atoms with E-state index in [0.717, 1.165) is 16.9 Å². The standard InChI is InChI=1S/C17H16N4O2.C6H10O/c1-2-7-21-11-12(5-6-16(21)22)13-9-14(15-4-3-8-23-15)20-17(18)19-10-13;1-4-5-6(2)7-3/h2-6,8,10-11H,1,7,9H2,(H2,18,19);4-5H,1H2,2-3H3/b;6-5-. The number of nitrogens with zero attached hydrogens (tertiary/aromatic N) is 3. The molecule has 1 aliphatic rings. The highest BCUT2D eigenvalue weighted by molar-refractivity contribution is 6.10.